The van der Waals surface area contributed by atoms with E-state index in [1.165, 1.54) is 42.0 Å². The Morgan fingerprint density at radius 2 is 2.05 bits per heavy atom. The van der Waals surface area contributed by atoms with Gasteiger partial charge >= 0.3 is 0 Å². The van der Waals surface area contributed by atoms with Gasteiger partial charge in [0.25, 0.3) is 0 Å². The van der Waals surface area contributed by atoms with Gasteiger partial charge in [-0.15, -0.1) is 11.3 Å². The van der Waals surface area contributed by atoms with E-state index in [-0.39, 0.29) is 0 Å². The Morgan fingerprint density at radius 3 is 2.65 bits per heavy atom. The van der Waals surface area contributed by atoms with E-state index in [2.05, 4.69) is 35.2 Å². The molecule has 3 nitrogen and oxygen atoms in total. The van der Waals surface area contributed by atoms with Crippen LogP contribution in [0.15, 0.2) is 6.20 Å². The second kappa shape index (κ2) is 6.54. The van der Waals surface area contributed by atoms with Crippen molar-refractivity contribution in [3.05, 3.63) is 16.1 Å². The maximum absolute atomic E-state index is 4.62. The van der Waals surface area contributed by atoms with Gasteiger partial charge in [0.1, 0.15) is 5.01 Å². The molecule has 2 aliphatic heterocycles. The minimum atomic E-state index is 0.744. The monoisotopic (exact) mass is 293 g/mol. The Kier molecular flexibility index (Phi) is 4.74. The molecule has 1 aromatic heterocycles. The van der Waals surface area contributed by atoms with Gasteiger partial charge in [-0.1, -0.05) is 20.3 Å². The third-order valence-electron chi connectivity index (χ3n) is 4.89. The molecule has 0 saturated carbocycles. The summed E-state index contributed by atoms with van der Waals surface area (Å²) in [6, 6.07) is 2.30. The lowest BCUT2D eigenvalue weighted by molar-refractivity contribution is 0.0179. The molecule has 4 heteroatoms. The van der Waals surface area contributed by atoms with Crippen molar-refractivity contribution in [3.8, 4) is 0 Å². The maximum atomic E-state index is 4.62. The number of thiazole rings is 1. The molecular weight excluding hydrogens is 266 g/mol. The van der Waals surface area contributed by atoms with Crippen LogP contribution >= 0.6 is 11.3 Å². The van der Waals surface area contributed by atoms with E-state index in [1.54, 1.807) is 0 Å². The van der Waals surface area contributed by atoms with Gasteiger partial charge in [0, 0.05) is 29.2 Å². The smallest absolute Gasteiger partial charge is 0.107 e. The van der Waals surface area contributed by atoms with Crippen molar-refractivity contribution in [2.75, 3.05) is 6.54 Å². The van der Waals surface area contributed by atoms with Crippen LogP contribution in [-0.4, -0.2) is 34.6 Å². The standard InChI is InChI=1S/C16H27N3S/c1-3-15-10-18-16(20-15)11-19-13-6-5-7-14(19)9-12(8-13)17-4-2/h10,12-14,17H,3-9,11H2,1-2H3. The van der Waals surface area contributed by atoms with Crippen LogP contribution < -0.4 is 5.32 Å². The summed E-state index contributed by atoms with van der Waals surface area (Å²) in [5.74, 6) is 0. The van der Waals surface area contributed by atoms with Gasteiger partial charge in [-0.25, -0.2) is 4.98 Å². The van der Waals surface area contributed by atoms with E-state index in [0.29, 0.717) is 0 Å². The molecular formula is C16H27N3S. The minimum absolute atomic E-state index is 0.744. The number of hydrogen-bond donors (Lipinski definition) is 1. The van der Waals surface area contributed by atoms with Gasteiger partial charge in [-0.2, -0.15) is 0 Å². The second-order valence-corrected chi connectivity index (χ2v) is 7.41. The van der Waals surface area contributed by atoms with E-state index in [4.69, 9.17) is 0 Å². The highest BCUT2D eigenvalue weighted by atomic mass is 32.1. The Bertz CT molecular complexity index is 417. The Labute approximate surface area is 126 Å². The molecule has 2 fully saturated rings. The SMILES string of the molecule is CCNC1CC2CCCC(C1)N2Cc1ncc(CC)s1. The first-order valence-corrected chi connectivity index (χ1v) is 9.04. The van der Waals surface area contributed by atoms with Crippen LogP contribution in [0.2, 0.25) is 0 Å². The minimum Gasteiger partial charge on any atom is -0.314 e. The summed E-state index contributed by atoms with van der Waals surface area (Å²) in [5.41, 5.74) is 0. The first kappa shape index (κ1) is 14.5. The number of fused-ring (bicyclic) bond motifs is 2. The Balaban J connectivity index is 1.67. The molecule has 2 aliphatic rings. The highest BCUT2D eigenvalue weighted by Gasteiger charge is 2.38. The van der Waals surface area contributed by atoms with E-state index >= 15 is 0 Å². The number of rotatable bonds is 5. The van der Waals surface area contributed by atoms with Gasteiger partial charge in [-0.05, 0) is 38.6 Å². The molecule has 112 valence electrons. The van der Waals surface area contributed by atoms with Crippen LogP contribution in [0.4, 0.5) is 0 Å². The number of nitrogens with one attached hydrogen (secondary N) is 1. The van der Waals surface area contributed by atoms with Crippen molar-refractivity contribution in [2.24, 2.45) is 0 Å². The van der Waals surface area contributed by atoms with Crippen LogP contribution in [0, 0.1) is 0 Å². The zero-order valence-electron chi connectivity index (χ0n) is 12.8. The summed E-state index contributed by atoms with van der Waals surface area (Å²) in [7, 11) is 0. The van der Waals surface area contributed by atoms with E-state index in [0.717, 1.165) is 37.6 Å². The van der Waals surface area contributed by atoms with Crippen molar-refractivity contribution < 1.29 is 0 Å². The first-order valence-electron chi connectivity index (χ1n) is 8.22. The molecule has 1 N–H and O–H groups in total. The average Bonchev–Trinajstić information content (AvgIpc) is 2.87. The lowest BCUT2D eigenvalue weighted by Crippen LogP contribution is -2.55. The second-order valence-electron chi connectivity index (χ2n) is 6.21. The summed E-state index contributed by atoms with van der Waals surface area (Å²) in [6.45, 7) is 6.63. The Hall–Kier alpha value is -0.450. The van der Waals surface area contributed by atoms with Crippen molar-refractivity contribution in [1.29, 1.82) is 0 Å². The number of aryl methyl sites for hydroxylation is 1. The van der Waals surface area contributed by atoms with Crippen LogP contribution in [-0.2, 0) is 13.0 Å². The van der Waals surface area contributed by atoms with Gasteiger partial charge in [-0.3, -0.25) is 4.90 Å². The van der Waals surface area contributed by atoms with Crippen LogP contribution in [0.3, 0.4) is 0 Å². The fourth-order valence-electron chi connectivity index (χ4n) is 3.93. The summed E-state index contributed by atoms with van der Waals surface area (Å²) in [4.78, 5) is 8.81. The van der Waals surface area contributed by atoms with Crippen molar-refractivity contribution in [2.45, 2.75) is 77.0 Å². The summed E-state index contributed by atoms with van der Waals surface area (Å²) in [6.07, 6.45) is 10.0. The zero-order chi connectivity index (χ0) is 13.9. The van der Waals surface area contributed by atoms with E-state index in [9.17, 15) is 0 Å². The molecule has 0 aliphatic carbocycles. The maximum Gasteiger partial charge on any atom is 0.107 e. The highest BCUT2D eigenvalue weighted by Crippen LogP contribution is 2.35. The van der Waals surface area contributed by atoms with Crippen LogP contribution in [0.5, 0.6) is 0 Å². The van der Waals surface area contributed by atoms with Crippen LogP contribution in [0.1, 0.15) is 55.8 Å². The van der Waals surface area contributed by atoms with Crippen LogP contribution in [0.25, 0.3) is 0 Å². The van der Waals surface area contributed by atoms with E-state index < -0.39 is 0 Å². The van der Waals surface area contributed by atoms with Gasteiger partial charge < -0.3 is 5.32 Å². The molecule has 20 heavy (non-hydrogen) atoms. The summed E-state index contributed by atoms with van der Waals surface area (Å²) in [5, 5.41) is 4.99. The van der Waals surface area contributed by atoms with Crippen molar-refractivity contribution in [3.63, 3.8) is 0 Å². The van der Waals surface area contributed by atoms with E-state index in [1.807, 2.05) is 11.3 Å². The number of piperidine rings is 2. The lowest BCUT2D eigenvalue weighted by atomic mass is 9.82. The number of nitrogens with zero attached hydrogens (tertiary/aromatic N) is 2. The quantitative estimate of drug-likeness (QED) is 0.903. The molecule has 3 rings (SSSR count). The topological polar surface area (TPSA) is 28.2 Å². The summed E-state index contributed by atoms with van der Waals surface area (Å²) >= 11 is 1.91. The average molecular weight is 293 g/mol. The summed E-state index contributed by atoms with van der Waals surface area (Å²) < 4.78 is 0. The third-order valence-corrected chi connectivity index (χ3v) is 6.01. The largest absolute Gasteiger partial charge is 0.314 e. The van der Waals surface area contributed by atoms with Gasteiger partial charge in [0.2, 0.25) is 0 Å². The molecule has 1 aromatic rings. The predicted octanol–water partition coefficient (Wildman–Crippen LogP) is 3.20. The third kappa shape index (κ3) is 3.07. The molecule has 0 radical (unpaired) electrons. The highest BCUT2D eigenvalue weighted by molar-refractivity contribution is 7.11. The van der Waals surface area contributed by atoms with Gasteiger partial charge in [0.15, 0.2) is 0 Å². The fourth-order valence-corrected chi connectivity index (χ4v) is 4.80. The molecule has 2 unspecified atom stereocenters. The zero-order valence-corrected chi connectivity index (χ0v) is 13.6. The molecule has 2 bridgehead atoms. The predicted molar refractivity (Wildman–Crippen MR) is 85.2 cm³/mol. The number of aromatic nitrogens is 1. The normalized spacial score (nSPS) is 30.6. The molecule has 0 amide bonds. The molecule has 0 aromatic carbocycles. The molecule has 0 spiro atoms. The Morgan fingerprint density at radius 1 is 1.30 bits per heavy atom. The first-order chi connectivity index (χ1) is 9.80. The van der Waals surface area contributed by atoms with Crippen molar-refractivity contribution >= 4 is 11.3 Å². The molecule has 2 saturated heterocycles. The van der Waals surface area contributed by atoms with Crippen molar-refractivity contribution in [1.82, 2.24) is 15.2 Å². The molecule has 2 atom stereocenters. The van der Waals surface area contributed by atoms with Gasteiger partial charge in [0.05, 0.1) is 6.54 Å². The fraction of sp³-hybridized carbons (Fsp3) is 0.812. The molecule has 3 heterocycles. The number of hydrogen-bond acceptors (Lipinski definition) is 4. The lowest BCUT2D eigenvalue weighted by Gasteiger charge is -2.48.